The Kier molecular flexibility index (Phi) is 6.62. The Morgan fingerprint density at radius 2 is 0.680 bits per heavy atom. The minimum absolute atomic E-state index is 0.389. The van der Waals surface area contributed by atoms with Crippen LogP contribution in [0.5, 0.6) is 0 Å². The molecule has 130 valence electrons. The van der Waals surface area contributed by atoms with E-state index in [0.717, 1.165) is 0 Å². The molecule has 2 heteroatoms. The average Bonchev–Trinajstić information content (AvgIpc) is 2.62. The van der Waals surface area contributed by atoms with Crippen LogP contribution < -0.4 is 16.4 Å². The molecule has 0 bridgehead atoms. The Bertz CT molecular complexity index is 644. The highest BCUT2D eigenvalue weighted by molar-refractivity contribution is 7.73. The third kappa shape index (κ3) is 5.58. The minimum atomic E-state index is -0.912. The van der Waals surface area contributed by atoms with E-state index in [1.165, 1.54) is 16.4 Å². The molecule has 0 atom stereocenters. The molecule has 0 spiro atoms. The van der Waals surface area contributed by atoms with Crippen LogP contribution in [0, 0.1) is 0 Å². The van der Waals surface area contributed by atoms with E-state index in [-0.39, 0.29) is 7.26 Å². The van der Waals surface area contributed by atoms with E-state index in [0.29, 0.717) is 0 Å². The van der Waals surface area contributed by atoms with Crippen LogP contribution in [0.25, 0.3) is 0 Å². The molecule has 0 nitrogen and oxygen atoms in total. The van der Waals surface area contributed by atoms with Gasteiger partial charge in [0.15, 0.2) is 0 Å². The van der Waals surface area contributed by atoms with Crippen LogP contribution in [0.4, 0.5) is 0 Å². The molecule has 0 unspecified atom stereocenters. The predicted octanol–water partition coefficient (Wildman–Crippen LogP) is 4.31. The van der Waals surface area contributed by atoms with Gasteiger partial charge in [-0.05, 0) is 0 Å². The van der Waals surface area contributed by atoms with Gasteiger partial charge in [0.25, 0.3) is 0 Å². The molecule has 0 aliphatic heterocycles. The first-order valence-corrected chi connectivity index (χ1v) is 12.5. The number of rotatable bonds is 3. The van der Waals surface area contributed by atoms with Crippen molar-refractivity contribution >= 4 is 29.8 Å². The van der Waals surface area contributed by atoms with Crippen LogP contribution >= 0.6 is 7.26 Å². The van der Waals surface area contributed by atoms with Gasteiger partial charge in [0.2, 0.25) is 0 Å². The molecule has 0 aliphatic rings. The SMILES string of the molecule is C[B-](c1ccccc1)(c1ccccc1)c1ccccc1.C[P+](C)(C)C. The lowest BCUT2D eigenvalue weighted by Gasteiger charge is -2.39. The Labute approximate surface area is 154 Å². The fraction of sp³-hybridized carbons (Fsp3) is 0.217. The van der Waals surface area contributed by atoms with Gasteiger partial charge < -0.3 is 0 Å². The second kappa shape index (κ2) is 8.50. The number of benzene rings is 3. The summed E-state index contributed by atoms with van der Waals surface area (Å²) in [5, 5.41) is 0. The molecule has 0 saturated heterocycles. The maximum absolute atomic E-state index is 2.36. The van der Waals surface area contributed by atoms with E-state index < -0.39 is 6.15 Å². The Hall–Kier alpha value is -1.85. The highest BCUT2D eigenvalue weighted by Crippen LogP contribution is 2.40. The van der Waals surface area contributed by atoms with Crippen LogP contribution in [0.2, 0.25) is 6.82 Å². The molecular weight excluding hydrogens is 318 g/mol. The largest absolute Gasteiger partial charge is 0.200 e. The molecule has 0 saturated carbocycles. The van der Waals surface area contributed by atoms with Gasteiger partial charge in [0, 0.05) is 33.9 Å². The zero-order valence-electron chi connectivity index (χ0n) is 16.2. The van der Waals surface area contributed by atoms with Crippen LogP contribution in [0.1, 0.15) is 0 Å². The van der Waals surface area contributed by atoms with Gasteiger partial charge in [0.1, 0.15) is 0 Å². The highest BCUT2D eigenvalue weighted by Gasteiger charge is 2.23. The summed E-state index contributed by atoms with van der Waals surface area (Å²) in [5.41, 5.74) is 4.14. The first-order valence-electron chi connectivity index (χ1n) is 8.96. The van der Waals surface area contributed by atoms with Crippen LogP contribution in [0.15, 0.2) is 91.0 Å². The van der Waals surface area contributed by atoms with Crippen molar-refractivity contribution in [2.24, 2.45) is 0 Å². The molecule has 0 amide bonds. The lowest BCUT2D eigenvalue weighted by Crippen LogP contribution is -2.64. The van der Waals surface area contributed by atoms with Gasteiger partial charge in [-0.1, -0.05) is 91.0 Å². The molecule has 0 aliphatic carbocycles. The smallest absolute Gasteiger partial charge is 0.0787 e. The van der Waals surface area contributed by atoms with Gasteiger partial charge in [-0.2, -0.15) is 6.82 Å². The zero-order valence-corrected chi connectivity index (χ0v) is 17.1. The van der Waals surface area contributed by atoms with Crippen molar-refractivity contribution < 1.29 is 0 Å². The van der Waals surface area contributed by atoms with E-state index >= 15 is 0 Å². The Morgan fingerprint density at radius 3 is 0.880 bits per heavy atom. The second-order valence-corrected chi connectivity index (χ2v) is 13.6. The molecule has 3 aromatic rings. The van der Waals surface area contributed by atoms with Crippen molar-refractivity contribution in [1.82, 2.24) is 0 Å². The summed E-state index contributed by atoms with van der Waals surface area (Å²) >= 11 is 0. The summed E-state index contributed by atoms with van der Waals surface area (Å²) in [5.74, 6) is 0. The molecule has 0 radical (unpaired) electrons. The van der Waals surface area contributed by atoms with E-state index in [1.54, 1.807) is 0 Å². The molecule has 0 fully saturated rings. The second-order valence-electron chi connectivity index (χ2n) is 8.21. The standard InChI is InChI=1S/C19H18B.C4H12P/c1-20(17-11-5-2-6-12-17,18-13-7-3-8-14-18)19-15-9-4-10-16-19;1-5(2,3)4/h2-16H,1H3;1-4H3/q-1;+1. The molecule has 0 aromatic heterocycles. The molecule has 25 heavy (non-hydrogen) atoms. The highest BCUT2D eigenvalue weighted by atomic mass is 31.2. The van der Waals surface area contributed by atoms with Crippen molar-refractivity contribution in [2.45, 2.75) is 6.82 Å². The fourth-order valence-electron chi connectivity index (χ4n) is 3.09. The Morgan fingerprint density at radius 1 is 0.480 bits per heavy atom. The first kappa shape index (κ1) is 19.5. The maximum Gasteiger partial charge on any atom is 0.0787 e. The van der Waals surface area contributed by atoms with Crippen molar-refractivity contribution in [3.05, 3.63) is 91.0 Å². The van der Waals surface area contributed by atoms with Gasteiger partial charge in [-0.25, -0.2) is 16.4 Å². The van der Waals surface area contributed by atoms with Crippen molar-refractivity contribution in [3.8, 4) is 0 Å². The average molecular weight is 348 g/mol. The summed E-state index contributed by atoms with van der Waals surface area (Å²) in [6, 6.07) is 32.4. The van der Waals surface area contributed by atoms with Gasteiger partial charge in [-0.3, -0.25) is 0 Å². The normalized spacial score (nSPS) is 11.4. The zero-order chi connectivity index (χ0) is 18.3. The summed E-state index contributed by atoms with van der Waals surface area (Å²) in [4.78, 5) is 0. The third-order valence-electron chi connectivity index (χ3n) is 4.40. The lowest BCUT2D eigenvalue weighted by molar-refractivity contribution is 1.66. The van der Waals surface area contributed by atoms with Gasteiger partial charge in [0.05, 0.1) is 6.15 Å². The summed E-state index contributed by atoms with van der Waals surface area (Å²) in [6.07, 6.45) is -0.912. The van der Waals surface area contributed by atoms with E-state index in [9.17, 15) is 0 Å². The molecule has 0 N–H and O–H groups in total. The van der Waals surface area contributed by atoms with Crippen LogP contribution in [-0.4, -0.2) is 32.8 Å². The van der Waals surface area contributed by atoms with Crippen molar-refractivity contribution in [1.29, 1.82) is 0 Å². The van der Waals surface area contributed by atoms with Crippen LogP contribution in [0.3, 0.4) is 0 Å². The summed E-state index contributed by atoms with van der Waals surface area (Å²) in [6.45, 7) is 11.6. The minimum Gasteiger partial charge on any atom is -0.200 e. The van der Waals surface area contributed by atoms with Crippen molar-refractivity contribution in [2.75, 3.05) is 26.7 Å². The van der Waals surface area contributed by atoms with E-state index in [2.05, 4.69) is 124 Å². The molecule has 3 aromatic carbocycles. The van der Waals surface area contributed by atoms with Gasteiger partial charge in [-0.15, -0.1) is 0 Å². The topological polar surface area (TPSA) is 0 Å². The summed E-state index contributed by atoms with van der Waals surface area (Å²) < 4.78 is 0. The lowest BCUT2D eigenvalue weighted by atomic mass is 9.17. The molecular formula is C23H30BP. The van der Waals surface area contributed by atoms with E-state index in [4.69, 9.17) is 0 Å². The third-order valence-corrected chi connectivity index (χ3v) is 4.40. The fourth-order valence-corrected chi connectivity index (χ4v) is 3.09. The first-order chi connectivity index (χ1) is 11.8. The quantitative estimate of drug-likeness (QED) is 0.489. The summed E-state index contributed by atoms with van der Waals surface area (Å²) in [7, 11) is -0.389. The monoisotopic (exact) mass is 348 g/mol. The van der Waals surface area contributed by atoms with Crippen molar-refractivity contribution in [3.63, 3.8) is 0 Å². The Balaban J connectivity index is 0.000000399. The molecule has 0 heterocycles. The maximum atomic E-state index is 2.36. The predicted molar refractivity (Wildman–Crippen MR) is 120 cm³/mol. The van der Waals surface area contributed by atoms with E-state index in [1.807, 2.05) is 0 Å². The van der Waals surface area contributed by atoms with Crippen LogP contribution in [-0.2, 0) is 0 Å². The van der Waals surface area contributed by atoms with Gasteiger partial charge >= 0.3 is 0 Å². The molecule has 3 rings (SSSR count). The number of hydrogen-bond acceptors (Lipinski definition) is 0. The number of hydrogen-bond donors (Lipinski definition) is 0.